The third-order valence-electron chi connectivity index (χ3n) is 5.89. The molecule has 0 bridgehead atoms. The molecule has 2 aliphatic rings. The molecule has 0 spiro atoms. The molecule has 1 saturated carbocycles. The SMILES string of the molecule is CCOC1CCCN(C(=O)C2CCC(N)C(C)C2(C)C)C1. The summed E-state index contributed by atoms with van der Waals surface area (Å²) >= 11 is 0. The predicted molar refractivity (Wildman–Crippen MR) is 84.9 cm³/mol. The van der Waals surface area contributed by atoms with Crippen LogP contribution < -0.4 is 5.73 Å². The summed E-state index contributed by atoms with van der Waals surface area (Å²) in [6.45, 7) is 11.0. The Balaban J connectivity index is 2.05. The summed E-state index contributed by atoms with van der Waals surface area (Å²) in [5.41, 5.74) is 6.19. The molecule has 2 N–H and O–H groups in total. The summed E-state index contributed by atoms with van der Waals surface area (Å²) in [5.74, 6) is 0.809. The second-order valence-electron chi connectivity index (χ2n) is 7.41. The standard InChI is InChI=1S/C17H32N2O2/c1-5-21-13-7-6-10-19(11-13)16(20)14-8-9-15(18)12(2)17(14,3)4/h12-15H,5-11,18H2,1-4H3. The van der Waals surface area contributed by atoms with Crippen LogP contribution in [-0.4, -0.2) is 42.6 Å². The maximum Gasteiger partial charge on any atom is 0.226 e. The van der Waals surface area contributed by atoms with Gasteiger partial charge in [0.2, 0.25) is 5.91 Å². The molecule has 0 aromatic rings. The van der Waals surface area contributed by atoms with Gasteiger partial charge in [0.25, 0.3) is 0 Å². The molecule has 0 radical (unpaired) electrons. The average Bonchev–Trinajstić information content (AvgIpc) is 2.45. The fourth-order valence-corrected chi connectivity index (χ4v) is 4.02. The Morgan fingerprint density at radius 1 is 1.33 bits per heavy atom. The Labute approximate surface area is 129 Å². The van der Waals surface area contributed by atoms with Gasteiger partial charge in [-0.05, 0) is 43.9 Å². The van der Waals surface area contributed by atoms with Crippen LogP contribution >= 0.6 is 0 Å². The van der Waals surface area contributed by atoms with Gasteiger partial charge in [-0.25, -0.2) is 0 Å². The third kappa shape index (κ3) is 3.42. The van der Waals surface area contributed by atoms with Crippen molar-refractivity contribution in [2.75, 3.05) is 19.7 Å². The normalized spacial score (nSPS) is 36.5. The Morgan fingerprint density at radius 3 is 2.71 bits per heavy atom. The number of likely N-dealkylation sites (tertiary alicyclic amines) is 1. The van der Waals surface area contributed by atoms with Crippen LogP contribution in [0, 0.1) is 17.3 Å². The van der Waals surface area contributed by atoms with E-state index in [1.807, 2.05) is 11.8 Å². The number of piperidine rings is 1. The highest BCUT2D eigenvalue weighted by Crippen LogP contribution is 2.45. The Kier molecular flexibility index (Phi) is 5.31. The van der Waals surface area contributed by atoms with Gasteiger partial charge in [0, 0.05) is 31.7 Å². The smallest absolute Gasteiger partial charge is 0.226 e. The molecule has 2 fully saturated rings. The number of hydrogen-bond acceptors (Lipinski definition) is 3. The molecule has 1 saturated heterocycles. The van der Waals surface area contributed by atoms with Gasteiger partial charge in [0.05, 0.1) is 6.10 Å². The van der Waals surface area contributed by atoms with E-state index in [9.17, 15) is 4.79 Å². The van der Waals surface area contributed by atoms with E-state index in [1.165, 1.54) is 0 Å². The zero-order chi connectivity index (χ0) is 15.6. The maximum absolute atomic E-state index is 13.0. The zero-order valence-electron chi connectivity index (χ0n) is 14.1. The molecule has 1 aliphatic carbocycles. The van der Waals surface area contributed by atoms with Crippen molar-refractivity contribution in [3.8, 4) is 0 Å². The molecule has 2 rings (SSSR count). The summed E-state index contributed by atoms with van der Waals surface area (Å²) in [6.07, 6.45) is 4.24. The van der Waals surface area contributed by atoms with E-state index in [0.717, 1.165) is 45.4 Å². The minimum absolute atomic E-state index is 0.0205. The summed E-state index contributed by atoms with van der Waals surface area (Å²) in [4.78, 5) is 15.0. The number of carbonyl (C=O) groups excluding carboxylic acids is 1. The number of hydrogen-bond donors (Lipinski definition) is 1. The van der Waals surface area contributed by atoms with E-state index in [-0.39, 0.29) is 23.5 Å². The first kappa shape index (κ1) is 16.8. The highest BCUT2D eigenvalue weighted by Gasteiger charge is 2.46. The third-order valence-corrected chi connectivity index (χ3v) is 5.89. The zero-order valence-corrected chi connectivity index (χ0v) is 14.1. The quantitative estimate of drug-likeness (QED) is 0.870. The van der Waals surface area contributed by atoms with E-state index >= 15 is 0 Å². The molecule has 4 nitrogen and oxygen atoms in total. The van der Waals surface area contributed by atoms with Crippen molar-refractivity contribution in [1.82, 2.24) is 4.90 Å². The molecule has 1 heterocycles. The number of nitrogens with two attached hydrogens (primary N) is 1. The highest BCUT2D eigenvalue weighted by atomic mass is 16.5. The monoisotopic (exact) mass is 296 g/mol. The van der Waals surface area contributed by atoms with Gasteiger partial charge in [-0.1, -0.05) is 20.8 Å². The molecule has 0 aromatic heterocycles. The van der Waals surface area contributed by atoms with Crippen molar-refractivity contribution in [3.63, 3.8) is 0 Å². The lowest BCUT2D eigenvalue weighted by atomic mass is 9.60. The maximum atomic E-state index is 13.0. The fourth-order valence-electron chi connectivity index (χ4n) is 4.02. The largest absolute Gasteiger partial charge is 0.377 e. The second-order valence-corrected chi connectivity index (χ2v) is 7.41. The average molecular weight is 296 g/mol. The van der Waals surface area contributed by atoms with Gasteiger partial charge in [-0.15, -0.1) is 0 Å². The summed E-state index contributed by atoms with van der Waals surface area (Å²) in [6, 6.07) is 0.224. The Morgan fingerprint density at radius 2 is 2.05 bits per heavy atom. The van der Waals surface area contributed by atoms with E-state index in [1.54, 1.807) is 0 Å². The summed E-state index contributed by atoms with van der Waals surface area (Å²) < 4.78 is 5.73. The van der Waals surface area contributed by atoms with Crippen LogP contribution in [0.15, 0.2) is 0 Å². The van der Waals surface area contributed by atoms with Crippen LogP contribution in [0.25, 0.3) is 0 Å². The van der Waals surface area contributed by atoms with Crippen molar-refractivity contribution in [2.45, 2.75) is 65.5 Å². The summed E-state index contributed by atoms with van der Waals surface area (Å²) in [7, 11) is 0. The number of amides is 1. The van der Waals surface area contributed by atoms with Crippen LogP contribution in [0.4, 0.5) is 0 Å². The molecule has 0 aromatic carbocycles. The van der Waals surface area contributed by atoms with E-state index in [2.05, 4.69) is 20.8 Å². The van der Waals surface area contributed by atoms with Crippen molar-refractivity contribution in [2.24, 2.45) is 23.0 Å². The van der Waals surface area contributed by atoms with E-state index in [0.29, 0.717) is 11.8 Å². The van der Waals surface area contributed by atoms with Gasteiger partial charge in [-0.3, -0.25) is 4.79 Å². The predicted octanol–water partition coefficient (Wildman–Crippen LogP) is 2.41. The van der Waals surface area contributed by atoms with Gasteiger partial charge in [0.1, 0.15) is 0 Å². The van der Waals surface area contributed by atoms with Crippen LogP contribution in [0.5, 0.6) is 0 Å². The molecule has 122 valence electrons. The number of carbonyl (C=O) groups is 1. The molecule has 4 atom stereocenters. The van der Waals surface area contributed by atoms with Crippen molar-refractivity contribution in [3.05, 3.63) is 0 Å². The van der Waals surface area contributed by atoms with Crippen LogP contribution in [0.1, 0.15) is 53.4 Å². The first-order chi connectivity index (χ1) is 9.87. The molecule has 1 amide bonds. The fraction of sp³-hybridized carbons (Fsp3) is 0.941. The topological polar surface area (TPSA) is 55.6 Å². The molecule has 4 unspecified atom stereocenters. The number of ether oxygens (including phenoxy) is 1. The Bertz CT molecular complexity index is 368. The second kappa shape index (κ2) is 6.66. The van der Waals surface area contributed by atoms with Crippen molar-refractivity contribution in [1.29, 1.82) is 0 Å². The number of nitrogens with zero attached hydrogens (tertiary/aromatic N) is 1. The molecule has 1 aliphatic heterocycles. The number of rotatable bonds is 3. The van der Waals surface area contributed by atoms with Gasteiger partial charge >= 0.3 is 0 Å². The Hall–Kier alpha value is -0.610. The van der Waals surface area contributed by atoms with Gasteiger partial charge < -0.3 is 15.4 Å². The van der Waals surface area contributed by atoms with E-state index in [4.69, 9.17) is 10.5 Å². The summed E-state index contributed by atoms with van der Waals surface area (Å²) in [5, 5.41) is 0. The molecule has 21 heavy (non-hydrogen) atoms. The van der Waals surface area contributed by atoms with E-state index < -0.39 is 0 Å². The highest BCUT2D eigenvalue weighted by molar-refractivity contribution is 5.80. The minimum Gasteiger partial charge on any atom is -0.377 e. The first-order valence-electron chi connectivity index (χ1n) is 8.53. The molecule has 4 heteroatoms. The first-order valence-corrected chi connectivity index (χ1v) is 8.53. The lowest BCUT2D eigenvalue weighted by molar-refractivity contribution is -0.147. The molecular formula is C17H32N2O2. The van der Waals surface area contributed by atoms with Crippen molar-refractivity contribution < 1.29 is 9.53 Å². The van der Waals surface area contributed by atoms with Gasteiger partial charge in [-0.2, -0.15) is 0 Å². The molecular weight excluding hydrogens is 264 g/mol. The van der Waals surface area contributed by atoms with Crippen LogP contribution in [0.2, 0.25) is 0 Å². The lowest BCUT2D eigenvalue weighted by Crippen LogP contribution is -2.54. The van der Waals surface area contributed by atoms with Crippen LogP contribution in [-0.2, 0) is 9.53 Å². The van der Waals surface area contributed by atoms with Gasteiger partial charge in [0.15, 0.2) is 0 Å². The lowest BCUT2D eigenvalue weighted by Gasteiger charge is -2.48. The van der Waals surface area contributed by atoms with Crippen molar-refractivity contribution >= 4 is 5.91 Å². The minimum atomic E-state index is -0.0205. The van der Waals surface area contributed by atoms with Crippen LogP contribution in [0.3, 0.4) is 0 Å².